The summed E-state index contributed by atoms with van der Waals surface area (Å²) in [7, 11) is 2.89. The number of amides is 1. The second-order valence-corrected chi connectivity index (χ2v) is 1.94. The standard InChI is InChI=1S/C6H13NO3/c1-4-7(2)5(8)6(9)10-3/h6,9H,4H2,1-3H3. The summed E-state index contributed by atoms with van der Waals surface area (Å²) < 4.78 is 4.40. The molecular weight excluding hydrogens is 134 g/mol. The SMILES string of the molecule is CCN(C)C(=O)C(O)OC. The molecule has 0 heterocycles. The Bertz CT molecular complexity index is 104. The van der Waals surface area contributed by atoms with E-state index in [0.717, 1.165) is 0 Å². The zero-order chi connectivity index (χ0) is 8.15. The average molecular weight is 147 g/mol. The lowest BCUT2D eigenvalue weighted by Crippen LogP contribution is -2.37. The van der Waals surface area contributed by atoms with Crippen LogP contribution >= 0.6 is 0 Å². The molecule has 4 heteroatoms. The summed E-state index contributed by atoms with van der Waals surface area (Å²) in [5.74, 6) is -0.412. The largest absolute Gasteiger partial charge is 0.361 e. The molecule has 0 aromatic rings. The van der Waals surface area contributed by atoms with E-state index in [0.29, 0.717) is 6.54 Å². The van der Waals surface area contributed by atoms with Crippen molar-refractivity contribution in [2.45, 2.75) is 13.2 Å². The Balaban J connectivity index is 3.82. The Hall–Kier alpha value is -0.610. The van der Waals surface area contributed by atoms with Gasteiger partial charge in [0.15, 0.2) is 0 Å². The first-order valence-electron chi connectivity index (χ1n) is 3.09. The molecule has 0 saturated carbocycles. The maximum Gasteiger partial charge on any atom is 0.279 e. The number of likely N-dealkylation sites (N-methyl/N-ethyl adjacent to an activating group) is 1. The molecule has 1 amide bonds. The van der Waals surface area contributed by atoms with Crippen LogP contribution in [0.1, 0.15) is 6.92 Å². The molecule has 0 bridgehead atoms. The Morgan fingerprint density at radius 1 is 1.80 bits per heavy atom. The van der Waals surface area contributed by atoms with Crippen LogP contribution in [0.4, 0.5) is 0 Å². The van der Waals surface area contributed by atoms with Crippen LogP contribution in [0.15, 0.2) is 0 Å². The molecule has 0 saturated heterocycles. The molecule has 0 aromatic heterocycles. The molecular formula is C6H13NO3. The summed E-state index contributed by atoms with van der Waals surface area (Å²) in [5, 5.41) is 8.81. The number of hydrogen-bond donors (Lipinski definition) is 1. The normalized spacial score (nSPS) is 12.8. The summed E-state index contributed by atoms with van der Waals surface area (Å²) >= 11 is 0. The first-order valence-corrected chi connectivity index (χ1v) is 3.09. The number of carbonyl (C=O) groups excluding carboxylic acids is 1. The van der Waals surface area contributed by atoms with Crippen LogP contribution in [0.3, 0.4) is 0 Å². The first-order chi connectivity index (χ1) is 4.63. The van der Waals surface area contributed by atoms with Crippen molar-refractivity contribution in [3.63, 3.8) is 0 Å². The van der Waals surface area contributed by atoms with Crippen molar-refractivity contribution < 1.29 is 14.6 Å². The van der Waals surface area contributed by atoms with Gasteiger partial charge in [0.05, 0.1) is 0 Å². The van der Waals surface area contributed by atoms with Crippen LogP contribution in [0.25, 0.3) is 0 Å². The molecule has 1 atom stereocenters. The molecule has 0 aromatic carbocycles. The highest BCUT2D eigenvalue weighted by Gasteiger charge is 2.16. The third-order valence-electron chi connectivity index (χ3n) is 1.29. The molecule has 0 aliphatic carbocycles. The highest BCUT2D eigenvalue weighted by atomic mass is 16.6. The lowest BCUT2D eigenvalue weighted by Gasteiger charge is -2.16. The van der Waals surface area contributed by atoms with Gasteiger partial charge in [-0.05, 0) is 6.92 Å². The average Bonchev–Trinajstić information content (AvgIpc) is 2.00. The summed E-state index contributed by atoms with van der Waals surface area (Å²) in [6.45, 7) is 2.39. The van der Waals surface area contributed by atoms with Gasteiger partial charge >= 0.3 is 0 Å². The molecule has 0 rings (SSSR count). The van der Waals surface area contributed by atoms with Gasteiger partial charge in [-0.15, -0.1) is 0 Å². The van der Waals surface area contributed by atoms with Crippen molar-refractivity contribution in [1.82, 2.24) is 4.90 Å². The van der Waals surface area contributed by atoms with Crippen molar-refractivity contribution in [3.05, 3.63) is 0 Å². The topological polar surface area (TPSA) is 49.8 Å². The first kappa shape index (κ1) is 9.39. The quantitative estimate of drug-likeness (QED) is 0.544. The zero-order valence-corrected chi connectivity index (χ0v) is 6.50. The molecule has 1 N–H and O–H groups in total. The van der Waals surface area contributed by atoms with Gasteiger partial charge in [-0.25, -0.2) is 0 Å². The minimum atomic E-state index is -1.31. The number of hydrogen-bond acceptors (Lipinski definition) is 3. The van der Waals surface area contributed by atoms with E-state index < -0.39 is 12.2 Å². The van der Waals surface area contributed by atoms with Crippen molar-refractivity contribution in [2.75, 3.05) is 20.7 Å². The lowest BCUT2D eigenvalue weighted by molar-refractivity contribution is -0.162. The van der Waals surface area contributed by atoms with Gasteiger partial charge in [0.2, 0.25) is 6.29 Å². The van der Waals surface area contributed by atoms with E-state index in [1.165, 1.54) is 12.0 Å². The van der Waals surface area contributed by atoms with Gasteiger partial charge in [0, 0.05) is 20.7 Å². The van der Waals surface area contributed by atoms with Gasteiger partial charge in [-0.1, -0.05) is 0 Å². The maximum absolute atomic E-state index is 10.9. The molecule has 4 nitrogen and oxygen atoms in total. The predicted octanol–water partition coefficient (Wildman–Crippen LogP) is -0.571. The highest BCUT2D eigenvalue weighted by Crippen LogP contribution is 1.91. The Labute approximate surface area is 60.4 Å². The predicted molar refractivity (Wildman–Crippen MR) is 36.3 cm³/mol. The van der Waals surface area contributed by atoms with E-state index in [1.807, 2.05) is 6.92 Å². The van der Waals surface area contributed by atoms with Crippen LogP contribution in [-0.4, -0.2) is 42.9 Å². The summed E-state index contributed by atoms with van der Waals surface area (Å²) in [6.07, 6.45) is -1.31. The van der Waals surface area contributed by atoms with E-state index in [1.54, 1.807) is 7.05 Å². The number of nitrogens with zero attached hydrogens (tertiary/aromatic N) is 1. The smallest absolute Gasteiger partial charge is 0.279 e. The third kappa shape index (κ3) is 2.33. The Morgan fingerprint density at radius 2 is 2.30 bits per heavy atom. The summed E-state index contributed by atoms with van der Waals surface area (Å²) in [6, 6.07) is 0. The van der Waals surface area contributed by atoms with E-state index in [4.69, 9.17) is 5.11 Å². The number of ether oxygens (including phenoxy) is 1. The van der Waals surface area contributed by atoms with Crippen LogP contribution in [0.2, 0.25) is 0 Å². The van der Waals surface area contributed by atoms with E-state index in [9.17, 15) is 4.79 Å². The number of methoxy groups -OCH3 is 1. The van der Waals surface area contributed by atoms with E-state index in [-0.39, 0.29) is 0 Å². The maximum atomic E-state index is 10.9. The summed E-state index contributed by atoms with van der Waals surface area (Å²) in [4.78, 5) is 12.2. The molecule has 0 spiro atoms. The van der Waals surface area contributed by atoms with E-state index in [2.05, 4.69) is 4.74 Å². The van der Waals surface area contributed by atoms with Crippen molar-refractivity contribution in [3.8, 4) is 0 Å². The van der Waals surface area contributed by atoms with Crippen molar-refractivity contribution >= 4 is 5.91 Å². The molecule has 0 radical (unpaired) electrons. The molecule has 60 valence electrons. The zero-order valence-electron chi connectivity index (χ0n) is 6.50. The van der Waals surface area contributed by atoms with Gasteiger partial charge in [0.1, 0.15) is 0 Å². The van der Waals surface area contributed by atoms with Crippen LogP contribution in [0, 0.1) is 0 Å². The molecule has 0 fully saturated rings. The fraction of sp³-hybridized carbons (Fsp3) is 0.833. The fourth-order valence-electron chi connectivity index (χ4n) is 0.445. The van der Waals surface area contributed by atoms with Gasteiger partial charge < -0.3 is 14.7 Å². The monoisotopic (exact) mass is 147 g/mol. The molecule has 10 heavy (non-hydrogen) atoms. The second kappa shape index (κ2) is 4.24. The van der Waals surface area contributed by atoms with Gasteiger partial charge in [-0.2, -0.15) is 0 Å². The number of carbonyl (C=O) groups is 1. The second-order valence-electron chi connectivity index (χ2n) is 1.94. The molecule has 0 aliphatic rings. The summed E-state index contributed by atoms with van der Waals surface area (Å²) in [5.41, 5.74) is 0. The molecule has 0 aliphatic heterocycles. The number of aliphatic hydroxyl groups excluding tert-OH is 1. The van der Waals surface area contributed by atoms with Crippen LogP contribution in [0.5, 0.6) is 0 Å². The number of rotatable bonds is 3. The van der Waals surface area contributed by atoms with E-state index >= 15 is 0 Å². The highest BCUT2D eigenvalue weighted by molar-refractivity contribution is 5.78. The van der Waals surface area contributed by atoms with Gasteiger partial charge in [-0.3, -0.25) is 4.79 Å². The Kier molecular flexibility index (Phi) is 3.99. The van der Waals surface area contributed by atoms with Crippen LogP contribution in [-0.2, 0) is 9.53 Å². The van der Waals surface area contributed by atoms with Crippen molar-refractivity contribution in [2.24, 2.45) is 0 Å². The van der Waals surface area contributed by atoms with Crippen molar-refractivity contribution in [1.29, 1.82) is 0 Å². The molecule has 1 unspecified atom stereocenters. The van der Waals surface area contributed by atoms with Gasteiger partial charge in [0.25, 0.3) is 5.91 Å². The minimum absolute atomic E-state index is 0.412. The minimum Gasteiger partial charge on any atom is -0.361 e. The van der Waals surface area contributed by atoms with Crippen LogP contribution < -0.4 is 0 Å². The third-order valence-corrected chi connectivity index (χ3v) is 1.29. The lowest BCUT2D eigenvalue weighted by atomic mass is 10.5. The fourth-order valence-corrected chi connectivity index (χ4v) is 0.445. The number of aliphatic hydroxyl groups is 1. The Morgan fingerprint density at radius 3 is 2.60 bits per heavy atom.